The van der Waals surface area contributed by atoms with Crippen LogP contribution in [0.5, 0.6) is 0 Å². The maximum atomic E-state index is 12.3. The summed E-state index contributed by atoms with van der Waals surface area (Å²) in [7, 11) is 0. The van der Waals surface area contributed by atoms with E-state index in [0.29, 0.717) is 9.37 Å². The first-order valence-electron chi connectivity index (χ1n) is 5.79. The topological polar surface area (TPSA) is 69.6 Å². The molecule has 116 valence electrons. The van der Waals surface area contributed by atoms with Gasteiger partial charge in [0, 0.05) is 16.7 Å². The minimum atomic E-state index is -4.50. The number of rotatable bonds is 4. The van der Waals surface area contributed by atoms with E-state index < -0.39 is 24.7 Å². The van der Waals surface area contributed by atoms with Gasteiger partial charge in [-0.3, -0.25) is 0 Å². The van der Waals surface area contributed by atoms with E-state index >= 15 is 0 Å². The zero-order chi connectivity index (χ0) is 16.2. The number of aromatic carboxylic acids is 1. The summed E-state index contributed by atoms with van der Waals surface area (Å²) in [6.45, 7) is -0.0963. The molecule has 2 N–H and O–H groups in total. The van der Waals surface area contributed by atoms with Crippen molar-refractivity contribution in [1.82, 2.24) is 4.90 Å². The Kier molecular flexibility index (Phi) is 5.59. The van der Waals surface area contributed by atoms with Gasteiger partial charge in [-0.2, -0.15) is 13.2 Å². The molecule has 0 heterocycles. The zero-order valence-electron chi connectivity index (χ0n) is 10.9. The number of amides is 2. The van der Waals surface area contributed by atoms with E-state index in [2.05, 4.69) is 21.2 Å². The third-order valence-corrected chi connectivity index (χ3v) is 3.18. The molecule has 0 fully saturated rings. The summed E-state index contributed by atoms with van der Waals surface area (Å²) in [6.07, 6.45) is -4.50. The fourth-order valence-corrected chi connectivity index (χ4v) is 1.93. The van der Waals surface area contributed by atoms with E-state index in [9.17, 15) is 22.8 Å². The molecule has 1 aromatic carbocycles. The van der Waals surface area contributed by atoms with Crippen LogP contribution in [-0.4, -0.2) is 41.3 Å². The van der Waals surface area contributed by atoms with Crippen LogP contribution in [0.1, 0.15) is 17.3 Å². The number of hydrogen-bond donors (Lipinski definition) is 2. The Bertz CT molecular complexity index is 549. The highest BCUT2D eigenvalue weighted by molar-refractivity contribution is 9.10. The van der Waals surface area contributed by atoms with Gasteiger partial charge in [0.15, 0.2) is 0 Å². The molecule has 1 rings (SSSR count). The first kappa shape index (κ1) is 17.3. The third kappa shape index (κ3) is 5.25. The highest BCUT2D eigenvalue weighted by Gasteiger charge is 2.32. The van der Waals surface area contributed by atoms with Gasteiger partial charge in [0.05, 0.1) is 5.56 Å². The number of nitrogens with one attached hydrogen (secondary N) is 1. The number of hydrogen-bond acceptors (Lipinski definition) is 2. The van der Waals surface area contributed by atoms with Gasteiger partial charge in [0.1, 0.15) is 6.54 Å². The molecule has 0 atom stereocenters. The van der Waals surface area contributed by atoms with Crippen LogP contribution in [0.2, 0.25) is 0 Å². The van der Waals surface area contributed by atoms with Crippen molar-refractivity contribution in [3.05, 3.63) is 28.2 Å². The average Bonchev–Trinajstić information content (AvgIpc) is 2.36. The van der Waals surface area contributed by atoms with Crippen molar-refractivity contribution in [2.45, 2.75) is 13.1 Å². The Hall–Kier alpha value is -1.77. The number of urea groups is 1. The Morgan fingerprint density at radius 3 is 2.48 bits per heavy atom. The molecule has 0 aliphatic rings. The zero-order valence-corrected chi connectivity index (χ0v) is 12.5. The standard InChI is InChI=1S/C12H12BrF3N2O3/c1-2-18(6-12(14,15)16)11(21)17-7-3-4-9(13)8(5-7)10(19)20/h3-5H,2,6H2,1H3,(H,17,21)(H,19,20). The summed E-state index contributed by atoms with van der Waals surface area (Å²) in [5.41, 5.74) is -0.00658. The second-order valence-electron chi connectivity index (χ2n) is 4.06. The lowest BCUT2D eigenvalue weighted by Gasteiger charge is -2.22. The lowest BCUT2D eigenvalue weighted by molar-refractivity contribution is -0.139. The van der Waals surface area contributed by atoms with Crippen LogP contribution < -0.4 is 5.32 Å². The second-order valence-corrected chi connectivity index (χ2v) is 4.91. The molecule has 0 saturated heterocycles. The summed E-state index contributed by atoms with van der Waals surface area (Å²) in [5, 5.41) is 11.2. The average molecular weight is 369 g/mol. The number of carboxylic acid groups (broad SMARTS) is 1. The quantitative estimate of drug-likeness (QED) is 0.853. The number of halogens is 4. The first-order valence-corrected chi connectivity index (χ1v) is 6.59. The number of carbonyl (C=O) groups is 2. The lowest BCUT2D eigenvalue weighted by atomic mass is 10.2. The Balaban J connectivity index is 2.87. The molecule has 0 aliphatic heterocycles. The molecular formula is C12H12BrF3N2O3. The summed E-state index contributed by atoms with van der Waals surface area (Å²) in [4.78, 5) is 23.3. The SMILES string of the molecule is CCN(CC(F)(F)F)C(=O)Nc1ccc(Br)c(C(=O)O)c1. The smallest absolute Gasteiger partial charge is 0.406 e. The highest BCUT2D eigenvalue weighted by Crippen LogP contribution is 2.22. The predicted molar refractivity (Wildman–Crippen MR) is 73.4 cm³/mol. The fourth-order valence-electron chi connectivity index (χ4n) is 1.51. The molecule has 0 saturated carbocycles. The van der Waals surface area contributed by atoms with Crippen LogP contribution in [-0.2, 0) is 0 Å². The summed E-state index contributed by atoms with van der Waals surface area (Å²) >= 11 is 3.03. The number of alkyl halides is 3. The second kappa shape index (κ2) is 6.79. The molecule has 0 bridgehead atoms. The van der Waals surface area contributed by atoms with Crippen LogP contribution in [0.4, 0.5) is 23.7 Å². The molecule has 1 aromatic rings. The van der Waals surface area contributed by atoms with E-state index in [0.717, 1.165) is 6.07 Å². The normalized spacial score (nSPS) is 11.1. The molecular weight excluding hydrogens is 357 g/mol. The van der Waals surface area contributed by atoms with E-state index in [1.807, 2.05) is 0 Å². The number of nitrogens with zero attached hydrogens (tertiary/aromatic N) is 1. The van der Waals surface area contributed by atoms with Crippen molar-refractivity contribution in [1.29, 1.82) is 0 Å². The van der Waals surface area contributed by atoms with Gasteiger partial charge in [-0.25, -0.2) is 9.59 Å². The van der Waals surface area contributed by atoms with Crippen molar-refractivity contribution in [3.8, 4) is 0 Å². The van der Waals surface area contributed by atoms with Gasteiger partial charge in [-0.05, 0) is 41.1 Å². The van der Waals surface area contributed by atoms with E-state index in [-0.39, 0.29) is 17.8 Å². The number of carboxylic acids is 1. The van der Waals surface area contributed by atoms with Gasteiger partial charge in [0.25, 0.3) is 0 Å². The molecule has 2 amide bonds. The third-order valence-electron chi connectivity index (χ3n) is 2.49. The maximum absolute atomic E-state index is 12.3. The molecule has 0 unspecified atom stereocenters. The van der Waals surface area contributed by atoms with Crippen LogP contribution >= 0.6 is 15.9 Å². The Labute approximate surface area is 126 Å². The Morgan fingerprint density at radius 2 is 2.00 bits per heavy atom. The summed E-state index contributed by atoms with van der Waals surface area (Å²) in [6, 6.07) is 2.98. The summed E-state index contributed by atoms with van der Waals surface area (Å²) in [5.74, 6) is -1.22. The minimum absolute atomic E-state index is 0.0984. The predicted octanol–water partition coefficient (Wildman–Crippen LogP) is 3.56. The molecule has 0 aromatic heterocycles. The summed E-state index contributed by atoms with van der Waals surface area (Å²) < 4.78 is 37.2. The number of anilines is 1. The molecule has 21 heavy (non-hydrogen) atoms. The van der Waals surface area contributed by atoms with Gasteiger partial charge < -0.3 is 15.3 Å². The van der Waals surface area contributed by atoms with Crippen LogP contribution in [0, 0.1) is 0 Å². The van der Waals surface area contributed by atoms with E-state index in [4.69, 9.17) is 5.11 Å². The fraction of sp³-hybridized carbons (Fsp3) is 0.333. The van der Waals surface area contributed by atoms with Crippen LogP contribution in [0.3, 0.4) is 0 Å². The van der Waals surface area contributed by atoms with Gasteiger partial charge in [-0.1, -0.05) is 0 Å². The highest BCUT2D eigenvalue weighted by atomic mass is 79.9. The van der Waals surface area contributed by atoms with Crippen molar-refractivity contribution in [2.24, 2.45) is 0 Å². The molecule has 0 radical (unpaired) electrons. The number of carbonyl (C=O) groups excluding carboxylic acids is 1. The molecule has 0 aliphatic carbocycles. The van der Waals surface area contributed by atoms with Gasteiger partial charge in [-0.15, -0.1) is 0 Å². The van der Waals surface area contributed by atoms with Crippen molar-refractivity contribution in [2.75, 3.05) is 18.4 Å². The molecule has 9 heteroatoms. The largest absolute Gasteiger partial charge is 0.478 e. The first-order chi connectivity index (χ1) is 9.64. The van der Waals surface area contributed by atoms with E-state index in [1.165, 1.54) is 19.1 Å². The van der Waals surface area contributed by atoms with Crippen molar-refractivity contribution < 1.29 is 27.9 Å². The molecule has 0 spiro atoms. The van der Waals surface area contributed by atoms with Gasteiger partial charge in [0.2, 0.25) is 0 Å². The lowest BCUT2D eigenvalue weighted by Crippen LogP contribution is -2.41. The van der Waals surface area contributed by atoms with Gasteiger partial charge >= 0.3 is 18.2 Å². The van der Waals surface area contributed by atoms with Crippen molar-refractivity contribution in [3.63, 3.8) is 0 Å². The minimum Gasteiger partial charge on any atom is -0.478 e. The monoisotopic (exact) mass is 368 g/mol. The number of benzene rings is 1. The van der Waals surface area contributed by atoms with E-state index in [1.54, 1.807) is 0 Å². The molecule has 5 nitrogen and oxygen atoms in total. The maximum Gasteiger partial charge on any atom is 0.406 e. The van der Waals surface area contributed by atoms with Crippen molar-refractivity contribution >= 4 is 33.6 Å². The van der Waals surface area contributed by atoms with Crippen LogP contribution in [0.15, 0.2) is 22.7 Å². The Morgan fingerprint density at radius 1 is 1.38 bits per heavy atom. The van der Waals surface area contributed by atoms with Crippen LogP contribution in [0.25, 0.3) is 0 Å².